The second kappa shape index (κ2) is 9.78. The van der Waals surface area contributed by atoms with Crippen LogP contribution in [0.2, 0.25) is 0 Å². The van der Waals surface area contributed by atoms with Crippen LogP contribution in [0.5, 0.6) is 0 Å². The number of rotatable bonds is 8. The second-order valence-electron chi connectivity index (χ2n) is 9.77. The summed E-state index contributed by atoms with van der Waals surface area (Å²) in [6.45, 7) is 1.39. The zero-order valence-electron chi connectivity index (χ0n) is 21.6. The Morgan fingerprint density at radius 1 is 0.973 bits per heavy atom. The summed E-state index contributed by atoms with van der Waals surface area (Å²) in [4.78, 5) is 9.74. The predicted molar refractivity (Wildman–Crippen MR) is 142 cm³/mol. The fourth-order valence-corrected chi connectivity index (χ4v) is 5.22. The minimum absolute atomic E-state index is 0.631. The first-order valence-electron chi connectivity index (χ1n) is 12.7. The van der Waals surface area contributed by atoms with E-state index in [4.69, 9.17) is 9.72 Å². The van der Waals surface area contributed by atoms with Crippen molar-refractivity contribution >= 4 is 0 Å². The zero-order chi connectivity index (χ0) is 25.4. The van der Waals surface area contributed by atoms with Crippen molar-refractivity contribution in [1.29, 1.82) is 0 Å². The molecule has 0 aliphatic heterocycles. The molecular formula is C29H31N7O. The molecule has 1 aliphatic carbocycles. The van der Waals surface area contributed by atoms with Gasteiger partial charge in [0.1, 0.15) is 5.82 Å². The zero-order valence-corrected chi connectivity index (χ0v) is 21.6. The lowest BCUT2D eigenvalue weighted by Gasteiger charge is -2.18. The van der Waals surface area contributed by atoms with E-state index in [1.807, 2.05) is 41.1 Å². The molecule has 4 aromatic heterocycles. The Labute approximate surface area is 216 Å². The van der Waals surface area contributed by atoms with Gasteiger partial charge in [-0.25, -0.2) is 9.97 Å². The van der Waals surface area contributed by atoms with E-state index in [1.54, 1.807) is 7.11 Å². The van der Waals surface area contributed by atoms with Crippen molar-refractivity contribution in [3.63, 3.8) is 0 Å². The molecule has 4 heterocycles. The van der Waals surface area contributed by atoms with Crippen molar-refractivity contribution in [3.8, 4) is 22.4 Å². The Bertz CT molecular complexity index is 1560. The smallest absolute Gasteiger partial charge is 0.134 e. The van der Waals surface area contributed by atoms with Crippen molar-refractivity contribution < 1.29 is 4.74 Å². The molecule has 0 fully saturated rings. The van der Waals surface area contributed by atoms with Crippen LogP contribution in [-0.4, -0.2) is 47.8 Å². The summed E-state index contributed by atoms with van der Waals surface area (Å²) in [6.07, 6.45) is 13.7. The lowest BCUT2D eigenvalue weighted by Crippen LogP contribution is -2.10. The Kier molecular flexibility index (Phi) is 6.18. The molecule has 0 bridgehead atoms. The van der Waals surface area contributed by atoms with Gasteiger partial charge in [0, 0.05) is 69.2 Å². The summed E-state index contributed by atoms with van der Waals surface area (Å²) in [7, 11) is 5.79. The second-order valence-corrected chi connectivity index (χ2v) is 9.77. The monoisotopic (exact) mass is 493 g/mol. The molecule has 37 heavy (non-hydrogen) atoms. The summed E-state index contributed by atoms with van der Waals surface area (Å²) in [5.74, 6) is 0.813. The molecule has 0 unspecified atom stereocenters. The molecule has 0 saturated carbocycles. The first-order valence-corrected chi connectivity index (χ1v) is 12.7. The molecule has 0 atom stereocenters. The number of hydrogen-bond acceptors (Lipinski definition) is 5. The molecule has 0 N–H and O–H groups in total. The van der Waals surface area contributed by atoms with Gasteiger partial charge in [0.2, 0.25) is 0 Å². The van der Waals surface area contributed by atoms with E-state index in [0.717, 1.165) is 48.6 Å². The average molecular weight is 494 g/mol. The molecule has 8 nitrogen and oxygen atoms in total. The van der Waals surface area contributed by atoms with Crippen molar-refractivity contribution in [3.05, 3.63) is 95.2 Å². The molecule has 188 valence electrons. The van der Waals surface area contributed by atoms with Crippen molar-refractivity contribution in [2.75, 3.05) is 13.7 Å². The maximum atomic E-state index is 5.18. The summed E-state index contributed by atoms with van der Waals surface area (Å²) in [5.41, 5.74) is 10.7. The van der Waals surface area contributed by atoms with E-state index in [1.165, 1.54) is 33.5 Å². The first kappa shape index (κ1) is 23.4. The van der Waals surface area contributed by atoms with Gasteiger partial charge >= 0.3 is 0 Å². The van der Waals surface area contributed by atoms with Crippen LogP contribution in [0.1, 0.15) is 33.9 Å². The van der Waals surface area contributed by atoms with Gasteiger partial charge in [0.25, 0.3) is 0 Å². The quantitative estimate of drug-likeness (QED) is 0.327. The highest BCUT2D eigenvalue weighted by Crippen LogP contribution is 2.37. The predicted octanol–water partition coefficient (Wildman–Crippen LogP) is 4.01. The minimum atomic E-state index is 0.631. The fourth-order valence-electron chi connectivity index (χ4n) is 5.22. The number of aromatic nitrogens is 7. The van der Waals surface area contributed by atoms with E-state index < -0.39 is 0 Å². The summed E-state index contributed by atoms with van der Waals surface area (Å²) < 4.78 is 11.2. The number of ether oxygens (including phenoxy) is 1. The number of fused-ring (bicyclic) bond motifs is 3. The Balaban J connectivity index is 1.31. The third kappa shape index (κ3) is 4.72. The number of nitrogens with zero attached hydrogens (tertiary/aromatic N) is 7. The molecule has 5 aromatic rings. The molecule has 0 spiro atoms. The van der Waals surface area contributed by atoms with Crippen molar-refractivity contribution in [2.24, 2.45) is 14.1 Å². The average Bonchev–Trinajstić information content (AvgIpc) is 3.62. The lowest BCUT2D eigenvalue weighted by molar-refractivity contribution is 0.183. The van der Waals surface area contributed by atoms with Gasteiger partial charge in [-0.05, 0) is 41.2 Å². The molecular weight excluding hydrogens is 462 g/mol. The standard InChI is InChI=1S/C29H31N7O/c1-34-18-23-8-7-22-16-30-27(15-25-9-10-35(2)33-25)32-29(22)28(23)26(34)14-20-5-4-6-21(13-20)24-17-31-36(19-24)11-12-37-3/h4-6,9-10,13,16-19H,7-8,11-12,14-15H2,1-3H3. The highest BCUT2D eigenvalue weighted by Gasteiger charge is 2.25. The fraction of sp³-hybridized carbons (Fsp3) is 0.310. The third-order valence-corrected chi connectivity index (χ3v) is 7.10. The Morgan fingerprint density at radius 2 is 1.86 bits per heavy atom. The Morgan fingerprint density at radius 3 is 2.70 bits per heavy atom. The number of benzene rings is 1. The van der Waals surface area contributed by atoms with Crippen LogP contribution < -0.4 is 0 Å². The van der Waals surface area contributed by atoms with Gasteiger partial charge < -0.3 is 9.30 Å². The van der Waals surface area contributed by atoms with Crippen LogP contribution in [0, 0.1) is 0 Å². The highest BCUT2D eigenvalue weighted by atomic mass is 16.5. The number of aryl methyl sites for hydroxylation is 4. The molecule has 0 amide bonds. The summed E-state index contributed by atoms with van der Waals surface area (Å²) >= 11 is 0. The maximum Gasteiger partial charge on any atom is 0.134 e. The van der Waals surface area contributed by atoms with E-state index >= 15 is 0 Å². The normalized spacial score (nSPS) is 12.5. The van der Waals surface area contributed by atoms with Gasteiger partial charge in [-0.1, -0.05) is 24.3 Å². The van der Waals surface area contributed by atoms with Crippen LogP contribution in [-0.2, 0) is 51.1 Å². The van der Waals surface area contributed by atoms with E-state index in [-0.39, 0.29) is 0 Å². The molecule has 0 saturated heterocycles. The largest absolute Gasteiger partial charge is 0.383 e. The van der Waals surface area contributed by atoms with Crippen LogP contribution >= 0.6 is 0 Å². The van der Waals surface area contributed by atoms with Crippen molar-refractivity contribution in [1.82, 2.24) is 34.1 Å². The molecule has 6 rings (SSSR count). The van der Waals surface area contributed by atoms with Crippen molar-refractivity contribution in [2.45, 2.75) is 32.2 Å². The minimum Gasteiger partial charge on any atom is -0.383 e. The van der Waals surface area contributed by atoms with Crippen LogP contribution in [0.4, 0.5) is 0 Å². The van der Waals surface area contributed by atoms with Gasteiger partial charge in [0.15, 0.2) is 0 Å². The first-order chi connectivity index (χ1) is 18.1. The van der Waals surface area contributed by atoms with Crippen LogP contribution in [0.3, 0.4) is 0 Å². The SMILES string of the molecule is COCCn1cc(-c2cccc(Cc3c4c(cn3C)CCc3cnc(Cc5ccn(C)n5)nc3-4)c2)cn1. The van der Waals surface area contributed by atoms with E-state index in [2.05, 4.69) is 63.5 Å². The molecule has 1 aromatic carbocycles. The maximum absolute atomic E-state index is 5.18. The van der Waals surface area contributed by atoms with E-state index in [0.29, 0.717) is 13.0 Å². The number of methoxy groups -OCH3 is 1. The third-order valence-electron chi connectivity index (χ3n) is 7.10. The lowest BCUT2D eigenvalue weighted by atomic mass is 9.90. The van der Waals surface area contributed by atoms with Gasteiger partial charge in [-0.15, -0.1) is 0 Å². The van der Waals surface area contributed by atoms with Crippen LogP contribution in [0.25, 0.3) is 22.4 Å². The van der Waals surface area contributed by atoms with Gasteiger partial charge in [-0.2, -0.15) is 10.2 Å². The van der Waals surface area contributed by atoms with E-state index in [9.17, 15) is 0 Å². The number of hydrogen-bond donors (Lipinski definition) is 0. The van der Waals surface area contributed by atoms with Gasteiger partial charge in [0.05, 0.1) is 37.2 Å². The molecule has 8 heteroatoms. The molecule has 1 aliphatic rings. The Hall–Kier alpha value is -4.04. The van der Waals surface area contributed by atoms with Gasteiger partial charge in [-0.3, -0.25) is 9.36 Å². The molecule has 0 radical (unpaired) electrons. The highest BCUT2D eigenvalue weighted by molar-refractivity contribution is 5.73. The van der Waals surface area contributed by atoms with Crippen LogP contribution in [0.15, 0.2) is 61.3 Å². The topological polar surface area (TPSA) is 75.6 Å². The summed E-state index contributed by atoms with van der Waals surface area (Å²) in [5, 5.41) is 8.99. The summed E-state index contributed by atoms with van der Waals surface area (Å²) in [6, 6.07) is 10.8.